The van der Waals surface area contributed by atoms with E-state index in [2.05, 4.69) is 0 Å². The second-order valence-electron chi connectivity index (χ2n) is 6.95. The highest BCUT2D eigenvalue weighted by molar-refractivity contribution is 6.61. The van der Waals surface area contributed by atoms with E-state index < -0.39 is 7.12 Å². The van der Waals surface area contributed by atoms with Gasteiger partial charge in [-0.1, -0.05) is 6.07 Å². The van der Waals surface area contributed by atoms with Crippen molar-refractivity contribution in [2.45, 2.75) is 13.5 Å². The largest absolute Gasteiger partial charge is 0.491 e. The molecule has 1 saturated heterocycles. The molecule has 7 nitrogen and oxygen atoms in total. The van der Waals surface area contributed by atoms with E-state index in [1.54, 1.807) is 53.1 Å². The van der Waals surface area contributed by atoms with Crippen molar-refractivity contribution in [2.24, 2.45) is 0 Å². The predicted octanol–water partition coefficient (Wildman–Crippen LogP) is 1.00. The third-order valence-electron chi connectivity index (χ3n) is 5.13. The number of rotatable bonds is 3. The quantitative estimate of drug-likeness (QED) is 0.804. The predicted molar refractivity (Wildman–Crippen MR) is 104 cm³/mol. The fourth-order valence-electron chi connectivity index (χ4n) is 3.48. The zero-order chi connectivity index (χ0) is 19.7. The second kappa shape index (κ2) is 7.65. The molecule has 0 atom stereocenters. The van der Waals surface area contributed by atoms with Crippen LogP contribution in [0.2, 0.25) is 0 Å². The molecular weight excluding hydrogens is 359 g/mol. The average molecular weight is 380 g/mol. The molecule has 0 bridgehead atoms. The molecule has 2 heterocycles. The molecule has 4 rings (SSSR count). The maximum Gasteiger partial charge on any atom is 0.491 e. The van der Waals surface area contributed by atoms with E-state index in [0.29, 0.717) is 49.8 Å². The smallest absolute Gasteiger partial charge is 0.457 e. The highest BCUT2D eigenvalue weighted by Gasteiger charge is 2.27. The van der Waals surface area contributed by atoms with Gasteiger partial charge in [0.25, 0.3) is 5.91 Å². The Morgan fingerprint density at radius 2 is 1.64 bits per heavy atom. The monoisotopic (exact) mass is 380 g/mol. The van der Waals surface area contributed by atoms with Gasteiger partial charge < -0.3 is 24.2 Å². The minimum absolute atomic E-state index is 0.0428. The Kier molecular flexibility index (Phi) is 5.06. The van der Waals surface area contributed by atoms with Gasteiger partial charge in [-0.2, -0.15) is 0 Å². The van der Waals surface area contributed by atoms with E-state index in [4.69, 9.17) is 9.39 Å². The molecule has 1 N–H and O–H groups in total. The number of piperazine rings is 1. The van der Waals surface area contributed by atoms with Crippen molar-refractivity contribution >= 4 is 24.4 Å². The first-order chi connectivity index (χ1) is 13.5. The summed E-state index contributed by atoms with van der Waals surface area (Å²) in [5.74, 6) is 1.27. The molecule has 28 heavy (non-hydrogen) atoms. The van der Waals surface area contributed by atoms with Gasteiger partial charge in [-0.3, -0.25) is 9.59 Å². The fraction of sp³-hybridized carbons (Fsp3) is 0.300. The van der Waals surface area contributed by atoms with Crippen LogP contribution in [0.4, 0.5) is 0 Å². The molecule has 0 aliphatic carbocycles. The van der Waals surface area contributed by atoms with Crippen LogP contribution in [0, 0.1) is 0 Å². The summed E-state index contributed by atoms with van der Waals surface area (Å²) in [4.78, 5) is 27.6. The fourth-order valence-corrected chi connectivity index (χ4v) is 3.48. The summed E-state index contributed by atoms with van der Waals surface area (Å²) in [5.41, 5.74) is 2.26. The summed E-state index contributed by atoms with van der Waals surface area (Å²) in [6, 6.07) is 12.4. The molecule has 2 amide bonds. The van der Waals surface area contributed by atoms with Crippen LogP contribution in [-0.2, 0) is 16.1 Å². The van der Waals surface area contributed by atoms with Crippen molar-refractivity contribution in [1.29, 1.82) is 0 Å². The standard InChI is InChI=1S/C20H21BN2O5/c1-14(24)22-8-10-23(11-9-22)20(25)15-2-4-17(5-3-15)28-18-6-7-19-16(12-18)13-27-21(19)26/h2-7,12,26H,8-11,13H2,1H3. The van der Waals surface area contributed by atoms with E-state index in [9.17, 15) is 14.6 Å². The number of hydrogen-bond donors (Lipinski definition) is 1. The van der Waals surface area contributed by atoms with Crippen LogP contribution in [-0.4, -0.2) is 59.9 Å². The van der Waals surface area contributed by atoms with Crippen LogP contribution in [0.1, 0.15) is 22.8 Å². The molecule has 2 aliphatic rings. The maximum atomic E-state index is 12.6. The van der Waals surface area contributed by atoms with E-state index in [1.807, 2.05) is 6.07 Å². The van der Waals surface area contributed by atoms with Crippen molar-refractivity contribution < 1.29 is 24.0 Å². The third kappa shape index (κ3) is 3.74. The number of carbonyl (C=O) groups excluding carboxylic acids is 2. The molecule has 0 spiro atoms. The Morgan fingerprint density at radius 3 is 2.32 bits per heavy atom. The van der Waals surface area contributed by atoms with Gasteiger partial charge >= 0.3 is 7.12 Å². The number of benzene rings is 2. The Bertz CT molecular complexity index is 894. The van der Waals surface area contributed by atoms with E-state index in [0.717, 1.165) is 11.0 Å². The van der Waals surface area contributed by atoms with Gasteiger partial charge in [-0.25, -0.2) is 0 Å². The first-order valence-corrected chi connectivity index (χ1v) is 9.26. The first kappa shape index (κ1) is 18.5. The SMILES string of the molecule is CC(=O)N1CCN(C(=O)c2ccc(Oc3ccc4c(c3)COB4O)cc2)CC1. The third-order valence-corrected chi connectivity index (χ3v) is 5.13. The van der Waals surface area contributed by atoms with Gasteiger partial charge in [0.05, 0.1) is 6.61 Å². The van der Waals surface area contributed by atoms with Gasteiger partial charge in [0.1, 0.15) is 11.5 Å². The molecule has 0 aromatic heterocycles. The molecule has 2 aromatic carbocycles. The molecule has 8 heteroatoms. The zero-order valence-corrected chi connectivity index (χ0v) is 15.6. The molecule has 0 radical (unpaired) electrons. The average Bonchev–Trinajstić information content (AvgIpc) is 3.08. The lowest BCUT2D eigenvalue weighted by atomic mass is 9.80. The van der Waals surface area contributed by atoms with Gasteiger partial charge in [0.2, 0.25) is 5.91 Å². The summed E-state index contributed by atoms with van der Waals surface area (Å²) in [6.07, 6.45) is 0. The maximum absolute atomic E-state index is 12.6. The lowest BCUT2D eigenvalue weighted by Gasteiger charge is -2.34. The molecule has 2 aromatic rings. The summed E-state index contributed by atoms with van der Waals surface area (Å²) in [6.45, 7) is 4.13. The lowest BCUT2D eigenvalue weighted by molar-refractivity contribution is -0.130. The van der Waals surface area contributed by atoms with E-state index in [-0.39, 0.29) is 11.8 Å². The summed E-state index contributed by atoms with van der Waals surface area (Å²) in [5, 5.41) is 9.68. The number of ether oxygens (including phenoxy) is 1. The minimum Gasteiger partial charge on any atom is -0.457 e. The van der Waals surface area contributed by atoms with Gasteiger partial charge in [-0.15, -0.1) is 0 Å². The summed E-state index contributed by atoms with van der Waals surface area (Å²) in [7, 11) is -0.869. The lowest BCUT2D eigenvalue weighted by Crippen LogP contribution is -2.50. The Balaban J connectivity index is 1.39. The highest BCUT2D eigenvalue weighted by atomic mass is 16.5. The van der Waals surface area contributed by atoms with Crippen LogP contribution in [0.25, 0.3) is 0 Å². The van der Waals surface area contributed by atoms with Crippen molar-refractivity contribution in [3.8, 4) is 11.5 Å². The number of fused-ring (bicyclic) bond motifs is 1. The van der Waals surface area contributed by atoms with Crippen molar-refractivity contribution in [3.05, 3.63) is 53.6 Å². The minimum atomic E-state index is -0.869. The number of nitrogens with zero attached hydrogens (tertiary/aromatic N) is 2. The van der Waals surface area contributed by atoms with Crippen molar-refractivity contribution in [2.75, 3.05) is 26.2 Å². The van der Waals surface area contributed by atoms with Crippen molar-refractivity contribution in [1.82, 2.24) is 9.80 Å². The number of carbonyl (C=O) groups is 2. The van der Waals surface area contributed by atoms with Crippen LogP contribution in [0.15, 0.2) is 42.5 Å². The Morgan fingerprint density at radius 1 is 1.00 bits per heavy atom. The van der Waals surface area contributed by atoms with E-state index >= 15 is 0 Å². The Hall–Kier alpha value is -2.84. The van der Waals surface area contributed by atoms with Gasteiger partial charge in [-0.05, 0) is 47.4 Å². The highest BCUT2D eigenvalue weighted by Crippen LogP contribution is 2.24. The molecule has 144 valence electrons. The van der Waals surface area contributed by atoms with Crippen LogP contribution < -0.4 is 10.2 Å². The Labute approximate surface area is 163 Å². The molecule has 2 aliphatic heterocycles. The zero-order valence-electron chi connectivity index (χ0n) is 15.6. The summed E-state index contributed by atoms with van der Waals surface area (Å²) >= 11 is 0. The van der Waals surface area contributed by atoms with Gasteiger partial charge in [0, 0.05) is 38.7 Å². The van der Waals surface area contributed by atoms with Crippen LogP contribution in [0.3, 0.4) is 0 Å². The second-order valence-corrected chi connectivity index (χ2v) is 6.95. The summed E-state index contributed by atoms with van der Waals surface area (Å²) < 4.78 is 11.0. The molecule has 1 fully saturated rings. The number of hydrogen-bond acceptors (Lipinski definition) is 5. The number of amides is 2. The molecule has 0 saturated carbocycles. The topological polar surface area (TPSA) is 79.3 Å². The molecule has 0 unspecified atom stereocenters. The molecular formula is C20H21BN2O5. The van der Waals surface area contributed by atoms with Gasteiger partial charge in [0.15, 0.2) is 0 Å². The van der Waals surface area contributed by atoms with Crippen molar-refractivity contribution in [3.63, 3.8) is 0 Å². The normalized spacial score (nSPS) is 16.1. The van der Waals surface area contributed by atoms with Crippen LogP contribution in [0.5, 0.6) is 11.5 Å². The van der Waals surface area contributed by atoms with E-state index in [1.165, 1.54) is 0 Å². The van der Waals surface area contributed by atoms with Crippen LogP contribution >= 0.6 is 0 Å². The first-order valence-electron chi connectivity index (χ1n) is 9.26.